The van der Waals surface area contributed by atoms with Crippen LogP contribution in [0.4, 0.5) is 22.2 Å². The van der Waals surface area contributed by atoms with Crippen LogP contribution in [0.1, 0.15) is 10.4 Å². The minimum Gasteiger partial charge on any atom is -0.497 e. The third-order valence-corrected chi connectivity index (χ3v) is 4.14. The summed E-state index contributed by atoms with van der Waals surface area (Å²) < 4.78 is 5.10. The van der Waals surface area contributed by atoms with Crippen molar-refractivity contribution in [2.75, 3.05) is 12.4 Å². The summed E-state index contributed by atoms with van der Waals surface area (Å²) >= 11 is 0.869. The smallest absolute Gasteiger partial charge is 0.337 e. The Morgan fingerprint density at radius 1 is 1.15 bits per heavy atom. The van der Waals surface area contributed by atoms with Crippen molar-refractivity contribution in [3.63, 3.8) is 0 Å². The van der Waals surface area contributed by atoms with E-state index in [2.05, 4.69) is 20.5 Å². The monoisotopic (exact) mass is 370 g/mol. The molecule has 0 saturated heterocycles. The number of carboxylic acids is 1. The summed E-state index contributed by atoms with van der Waals surface area (Å²) in [4.78, 5) is 25.3. The van der Waals surface area contributed by atoms with Crippen molar-refractivity contribution in [3.05, 3.63) is 63.8 Å². The maximum absolute atomic E-state index is 11.7. The Balaban J connectivity index is 1.87. The van der Waals surface area contributed by atoms with E-state index < -0.39 is 5.97 Å². The van der Waals surface area contributed by atoms with E-state index >= 15 is 0 Å². The van der Waals surface area contributed by atoms with E-state index in [9.17, 15) is 14.7 Å². The average Bonchev–Trinajstić information content (AvgIpc) is 3.00. The minimum absolute atomic E-state index is 0.0313. The van der Waals surface area contributed by atoms with E-state index in [0.29, 0.717) is 16.6 Å². The molecule has 8 nitrogen and oxygen atoms in total. The lowest BCUT2D eigenvalue weighted by Gasteiger charge is -2.05. The number of aromatic nitrogens is 1. The highest BCUT2D eigenvalue weighted by molar-refractivity contribution is 7.13. The van der Waals surface area contributed by atoms with Crippen LogP contribution < -0.4 is 14.9 Å². The van der Waals surface area contributed by atoms with Crippen LogP contribution in [0, 0.1) is 0 Å². The highest BCUT2D eigenvalue weighted by Gasteiger charge is 2.11. The SMILES string of the molecule is COc1ccc(Nc2[nH]c(=O)sc2N=Nc2ccccc2C(=O)O)cc1. The first kappa shape index (κ1) is 17.4. The number of nitrogens with zero attached hydrogens (tertiary/aromatic N) is 2. The van der Waals surface area contributed by atoms with E-state index in [1.54, 1.807) is 49.6 Å². The topological polar surface area (TPSA) is 116 Å². The van der Waals surface area contributed by atoms with Gasteiger partial charge < -0.3 is 15.2 Å². The second-order valence-corrected chi connectivity index (χ2v) is 6.03. The van der Waals surface area contributed by atoms with Gasteiger partial charge in [-0.3, -0.25) is 9.78 Å². The minimum atomic E-state index is -1.10. The van der Waals surface area contributed by atoms with E-state index in [1.165, 1.54) is 6.07 Å². The molecule has 1 heterocycles. The van der Waals surface area contributed by atoms with Gasteiger partial charge in [0.2, 0.25) is 0 Å². The van der Waals surface area contributed by atoms with Crippen molar-refractivity contribution >= 4 is 39.5 Å². The Hall–Kier alpha value is -3.46. The lowest BCUT2D eigenvalue weighted by atomic mass is 10.2. The number of hydrogen-bond donors (Lipinski definition) is 3. The van der Waals surface area contributed by atoms with Crippen LogP contribution >= 0.6 is 11.3 Å². The molecule has 132 valence electrons. The molecule has 1 aromatic heterocycles. The Labute approximate surface area is 151 Å². The number of rotatable bonds is 6. The number of hydrogen-bond acceptors (Lipinski definition) is 7. The van der Waals surface area contributed by atoms with Gasteiger partial charge in [-0.2, -0.15) is 0 Å². The molecule has 0 unspecified atom stereocenters. The number of aromatic amines is 1. The lowest BCUT2D eigenvalue weighted by molar-refractivity contribution is 0.0697. The summed E-state index contributed by atoms with van der Waals surface area (Å²) in [5.41, 5.74) is 0.960. The Bertz CT molecular complexity index is 1010. The van der Waals surface area contributed by atoms with Crippen LogP contribution in [0.3, 0.4) is 0 Å². The second-order valence-electron chi connectivity index (χ2n) is 5.07. The van der Waals surface area contributed by atoms with Crippen molar-refractivity contribution in [2.45, 2.75) is 0 Å². The number of carboxylic acid groups (broad SMARTS) is 1. The molecule has 0 amide bonds. The van der Waals surface area contributed by atoms with Gasteiger partial charge in [0, 0.05) is 5.69 Å². The van der Waals surface area contributed by atoms with Crippen molar-refractivity contribution in [2.24, 2.45) is 10.2 Å². The third kappa shape index (κ3) is 3.95. The largest absolute Gasteiger partial charge is 0.497 e. The molecule has 0 spiro atoms. The van der Waals surface area contributed by atoms with Gasteiger partial charge in [0.15, 0.2) is 5.00 Å². The summed E-state index contributed by atoms with van der Waals surface area (Å²) in [6, 6.07) is 13.4. The zero-order chi connectivity index (χ0) is 18.5. The first-order chi connectivity index (χ1) is 12.6. The molecule has 2 aromatic carbocycles. The molecule has 0 fully saturated rings. The number of thiazole rings is 1. The van der Waals surface area contributed by atoms with Crippen LogP contribution in [0.5, 0.6) is 5.75 Å². The molecular weight excluding hydrogens is 356 g/mol. The van der Waals surface area contributed by atoms with Gasteiger partial charge >= 0.3 is 10.8 Å². The number of H-pyrrole nitrogens is 1. The van der Waals surface area contributed by atoms with Crippen LogP contribution in [-0.2, 0) is 0 Å². The van der Waals surface area contributed by atoms with Crippen molar-refractivity contribution < 1.29 is 14.6 Å². The van der Waals surface area contributed by atoms with E-state index in [0.717, 1.165) is 17.0 Å². The van der Waals surface area contributed by atoms with Crippen molar-refractivity contribution in [1.82, 2.24) is 4.98 Å². The number of azo groups is 1. The number of nitrogens with one attached hydrogen (secondary N) is 2. The molecule has 0 atom stereocenters. The number of benzene rings is 2. The molecule has 0 radical (unpaired) electrons. The molecule has 26 heavy (non-hydrogen) atoms. The van der Waals surface area contributed by atoms with E-state index in [4.69, 9.17) is 4.74 Å². The molecule has 3 N–H and O–H groups in total. The number of anilines is 2. The van der Waals surface area contributed by atoms with Gasteiger partial charge in [0.25, 0.3) is 0 Å². The lowest BCUT2D eigenvalue weighted by Crippen LogP contribution is -1.96. The first-order valence-electron chi connectivity index (χ1n) is 7.45. The van der Waals surface area contributed by atoms with Crippen molar-refractivity contribution in [1.29, 1.82) is 0 Å². The van der Waals surface area contributed by atoms with Gasteiger partial charge in [-0.25, -0.2) is 4.79 Å². The fraction of sp³-hybridized carbons (Fsp3) is 0.0588. The van der Waals surface area contributed by atoms with Crippen LogP contribution in [0.15, 0.2) is 63.6 Å². The molecule has 0 aliphatic carbocycles. The first-order valence-corrected chi connectivity index (χ1v) is 8.26. The number of aromatic carboxylic acids is 1. The summed E-state index contributed by atoms with van der Waals surface area (Å²) in [5, 5.41) is 20.5. The zero-order valence-electron chi connectivity index (χ0n) is 13.6. The summed E-state index contributed by atoms with van der Waals surface area (Å²) in [6.07, 6.45) is 0. The Morgan fingerprint density at radius 3 is 2.58 bits per heavy atom. The number of methoxy groups -OCH3 is 1. The molecule has 0 saturated carbocycles. The van der Waals surface area contributed by atoms with Gasteiger partial charge in [-0.05, 0) is 36.4 Å². The fourth-order valence-corrected chi connectivity index (χ4v) is 2.75. The van der Waals surface area contributed by atoms with E-state index in [-0.39, 0.29) is 16.1 Å². The molecule has 3 aromatic rings. The molecular formula is C17H14N4O4S. The van der Waals surface area contributed by atoms with Gasteiger partial charge in [-0.1, -0.05) is 23.5 Å². The molecule has 0 aliphatic rings. The van der Waals surface area contributed by atoms with Crippen LogP contribution in [-0.4, -0.2) is 23.2 Å². The maximum Gasteiger partial charge on any atom is 0.337 e. The van der Waals surface area contributed by atoms with E-state index in [1.807, 2.05) is 0 Å². The highest BCUT2D eigenvalue weighted by Crippen LogP contribution is 2.31. The molecule has 0 bridgehead atoms. The average molecular weight is 370 g/mol. The quantitative estimate of drug-likeness (QED) is 0.559. The Kier molecular flexibility index (Phi) is 5.09. The zero-order valence-corrected chi connectivity index (χ0v) is 14.4. The fourth-order valence-electron chi connectivity index (χ4n) is 2.13. The molecule has 9 heteroatoms. The van der Waals surface area contributed by atoms with Gasteiger partial charge in [-0.15, -0.1) is 10.2 Å². The summed E-state index contributed by atoms with van der Waals surface area (Å²) in [6.45, 7) is 0. The third-order valence-electron chi connectivity index (χ3n) is 3.37. The normalized spacial score (nSPS) is 10.8. The predicted molar refractivity (Wildman–Crippen MR) is 98.8 cm³/mol. The Morgan fingerprint density at radius 2 is 1.88 bits per heavy atom. The molecule has 3 rings (SSSR count). The second kappa shape index (κ2) is 7.62. The van der Waals surface area contributed by atoms with Gasteiger partial charge in [0.1, 0.15) is 17.3 Å². The predicted octanol–water partition coefficient (Wildman–Crippen LogP) is 4.30. The highest BCUT2D eigenvalue weighted by atomic mass is 32.1. The summed E-state index contributed by atoms with van der Waals surface area (Å²) in [5.74, 6) is -0.0142. The standard InChI is InChI=1S/C17H14N4O4S/c1-25-11-8-6-10(7-9-11)18-14-15(26-17(24)19-14)21-20-13-5-3-2-4-12(13)16(22)23/h2-9,18H,1H3,(H,19,24)(H,22,23). The van der Waals surface area contributed by atoms with Gasteiger partial charge in [0.05, 0.1) is 12.7 Å². The molecule has 0 aliphatic heterocycles. The van der Waals surface area contributed by atoms with Crippen LogP contribution in [0.2, 0.25) is 0 Å². The summed E-state index contributed by atoms with van der Waals surface area (Å²) in [7, 11) is 1.58. The number of carbonyl (C=O) groups is 1. The number of ether oxygens (including phenoxy) is 1. The van der Waals surface area contributed by atoms with Crippen LogP contribution in [0.25, 0.3) is 0 Å². The maximum atomic E-state index is 11.7. The van der Waals surface area contributed by atoms with Crippen molar-refractivity contribution in [3.8, 4) is 5.75 Å².